The second kappa shape index (κ2) is 9.09. The van der Waals surface area contributed by atoms with E-state index in [0.717, 1.165) is 30.4 Å². The molecule has 5 heteroatoms. The number of nitrogens with zero attached hydrogens (tertiary/aromatic N) is 1. The van der Waals surface area contributed by atoms with Crippen molar-refractivity contribution < 1.29 is 4.74 Å². The third-order valence-electron chi connectivity index (χ3n) is 5.09. The molecule has 2 atom stereocenters. The lowest BCUT2D eigenvalue weighted by molar-refractivity contribution is 0.415. The van der Waals surface area contributed by atoms with Crippen LogP contribution < -0.4 is 20.3 Å². The van der Waals surface area contributed by atoms with E-state index in [1.54, 1.807) is 7.11 Å². The summed E-state index contributed by atoms with van der Waals surface area (Å²) in [7, 11) is 1.66. The molecule has 0 saturated carbocycles. The normalized spacial score (nSPS) is 17.9. The van der Waals surface area contributed by atoms with Crippen molar-refractivity contribution in [2.24, 2.45) is 5.92 Å². The van der Waals surface area contributed by atoms with Crippen LogP contribution in [0.1, 0.15) is 38.3 Å². The monoisotopic (exact) mass is 383 g/mol. The van der Waals surface area contributed by atoms with Gasteiger partial charge in [0.15, 0.2) is 5.11 Å². The van der Waals surface area contributed by atoms with Crippen LogP contribution in [0, 0.1) is 5.92 Å². The van der Waals surface area contributed by atoms with E-state index in [-0.39, 0.29) is 6.04 Å². The predicted octanol–water partition coefficient (Wildman–Crippen LogP) is 4.98. The fourth-order valence-electron chi connectivity index (χ4n) is 3.55. The van der Waals surface area contributed by atoms with Gasteiger partial charge < -0.3 is 20.3 Å². The van der Waals surface area contributed by atoms with Gasteiger partial charge >= 0.3 is 0 Å². The lowest BCUT2D eigenvalue weighted by Crippen LogP contribution is -2.34. The first-order valence-electron chi connectivity index (χ1n) is 9.61. The van der Waals surface area contributed by atoms with Crippen LogP contribution >= 0.6 is 12.2 Å². The maximum absolute atomic E-state index is 5.46. The van der Waals surface area contributed by atoms with Crippen LogP contribution in [0.2, 0.25) is 0 Å². The molecule has 0 aliphatic carbocycles. The van der Waals surface area contributed by atoms with Gasteiger partial charge in [-0.05, 0) is 67.7 Å². The number of ether oxygens (including phenoxy) is 1. The van der Waals surface area contributed by atoms with Crippen molar-refractivity contribution in [1.82, 2.24) is 5.32 Å². The molecule has 0 unspecified atom stereocenters. The maximum atomic E-state index is 5.46. The van der Waals surface area contributed by atoms with Crippen molar-refractivity contribution in [1.29, 1.82) is 0 Å². The molecule has 27 heavy (non-hydrogen) atoms. The SMILES string of the molecule is COc1cccc(NC(=S)N[C@@H](C)c2ccc(N3CCC[C@@H](C)C3)cc2)c1. The van der Waals surface area contributed by atoms with Crippen molar-refractivity contribution in [3.8, 4) is 5.75 Å². The van der Waals surface area contributed by atoms with E-state index in [4.69, 9.17) is 17.0 Å². The zero-order chi connectivity index (χ0) is 19.2. The van der Waals surface area contributed by atoms with Crippen LogP contribution in [-0.4, -0.2) is 25.3 Å². The molecule has 3 rings (SSSR count). The van der Waals surface area contributed by atoms with Crippen LogP contribution in [0.25, 0.3) is 0 Å². The minimum absolute atomic E-state index is 0.130. The number of anilines is 2. The highest BCUT2D eigenvalue weighted by atomic mass is 32.1. The number of hydrogen-bond acceptors (Lipinski definition) is 3. The molecule has 0 spiro atoms. The molecule has 2 N–H and O–H groups in total. The van der Waals surface area contributed by atoms with Gasteiger partial charge in [0.25, 0.3) is 0 Å². The molecule has 1 aliphatic rings. The number of rotatable bonds is 5. The van der Waals surface area contributed by atoms with E-state index < -0.39 is 0 Å². The summed E-state index contributed by atoms with van der Waals surface area (Å²) in [4.78, 5) is 2.49. The Bertz CT molecular complexity index is 762. The molecular formula is C22H29N3OS. The summed E-state index contributed by atoms with van der Waals surface area (Å²) in [6, 6.07) is 16.7. The largest absolute Gasteiger partial charge is 0.497 e. The van der Waals surface area contributed by atoms with Gasteiger partial charge in [-0.3, -0.25) is 0 Å². The first kappa shape index (κ1) is 19.5. The number of methoxy groups -OCH3 is 1. The Balaban J connectivity index is 1.57. The zero-order valence-electron chi connectivity index (χ0n) is 16.4. The predicted molar refractivity (Wildman–Crippen MR) is 118 cm³/mol. The summed E-state index contributed by atoms with van der Waals surface area (Å²) >= 11 is 5.46. The Labute approximate surface area is 167 Å². The van der Waals surface area contributed by atoms with Gasteiger partial charge in [-0.25, -0.2) is 0 Å². The van der Waals surface area contributed by atoms with Gasteiger partial charge in [0.2, 0.25) is 0 Å². The number of benzene rings is 2. The van der Waals surface area contributed by atoms with E-state index >= 15 is 0 Å². The van der Waals surface area contributed by atoms with Crippen molar-refractivity contribution in [3.05, 3.63) is 54.1 Å². The molecule has 1 fully saturated rings. The van der Waals surface area contributed by atoms with Gasteiger partial charge in [-0.1, -0.05) is 25.1 Å². The Morgan fingerprint density at radius 3 is 2.70 bits per heavy atom. The Kier molecular flexibility index (Phi) is 6.56. The molecule has 0 radical (unpaired) electrons. The van der Waals surface area contributed by atoms with E-state index in [0.29, 0.717) is 5.11 Å². The Hall–Kier alpha value is -2.27. The Morgan fingerprint density at radius 1 is 1.22 bits per heavy atom. The van der Waals surface area contributed by atoms with E-state index in [1.807, 2.05) is 24.3 Å². The smallest absolute Gasteiger partial charge is 0.171 e. The Morgan fingerprint density at radius 2 is 2.00 bits per heavy atom. The summed E-state index contributed by atoms with van der Waals surface area (Å²) in [6.07, 6.45) is 2.62. The molecule has 2 aromatic rings. The number of piperidine rings is 1. The minimum atomic E-state index is 0.130. The summed E-state index contributed by atoms with van der Waals surface area (Å²) in [5, 5.41) is 7.17. The van der Waals surface area contributed by atoms with Crippen LogP contribution in [0.5, 0.6) is 5.75 Å². The summed E-state index contributed by atoms with van der Waals surface area (Å²) in [5.41, 5.74) is 3.45. The fourth-order valence-corrected chi connectivity index (χ4v) is 3.84. The average Bonchev–Trinajstić information content (AvgIpc) is 2.68. The molecule has 1 heterocycles. The third-order valence-corrected chi connectivity index (χ3v) is 5.31. The summed E-state index contributed by atoms with van der Waals surface area (Å²) < 4.78 is 5.25. The highest BCUT2D eigenvalue weighted by molar-refractivity contribution is 7.80. The van der Waals surface area contributed by atoms with Gasteiger partial charge in [0, 0.05) is 30.5 Å². The van der Waals surface area contributed by atoms with Crippen LogP contribution in [0.15, 0.2) is 48.5 Å². The van der Waals surface area contributed by atoms with Crippen molar-refractivity contribution in [2.45, 2.75) is 32.7 Å². The second-order valence-corrected chi connectivity index (χ2v) is 7.75. The molecule has 1 aliphatic heterocycles. The number of thiocarbonyl (C=S) groups is 1. The zero-order valence-corrected chi connectivity index (χ0v) is 17.2. The standard InChI is InChI=1S/C22H29N3OS/c1-16-6-5-13-25(15-16)20-11-9-18(10-12-20)17(2)23-22(27)24-19-7-4-8-21(14-19)26-3/h4,7-12,14,16-17H,5-6,13,15H2,1-3H3,(H2,23,24,27)/t16-,17+/m1/s1. The van der Waals surface area contributed by atoms with Crippen LogP contribution in [0.4, 0.5) is 11.4 Å². The van der Waals surface area contributed by atoms with Crippen molar-refractivity contribution >= 4 is 28.7 Å². The number of nitrogens with one attached hydrogen (secondary N) is 2. The molecule has 4 nitrogen and oxygen atoms in total. The van der Waals surface area contributed by atoms with E-state index in [9.17, 15) is 0 Å². The molecule has 0 aromatic heterocycles. The third kappa shape index (κ3) is 5.36. The maximum Gasteiger partial charge on any atom is 0.171 e. The lowest BCUT2D eigenvalue weighted by atomic mass is 9.99. The molecular weight excluding hydrogens is 354 g/mol. The van der Waals surface area contributed by atoms with Gasteiger partial charge in [-0.15, -0.1) is 0 Å². The van der Waals surface area contributed by atoms with Crippen LogP contribution in [-0.2, 0) is 0 Å². The minimum Gasteiger partial charge on any atom is -0.497 e. The lowest BCUT2D eigenvalue weighted by Gasteiger charge is -2.33. The van der Waals surface area contributed by atoms with E-state index in [2.05, 4.69) is 53.6 Å². The fraction of sp³-hybridized carbons (Fsp3) is 0.409. The molecule has 144 valence electrons. The van der Waals surface area contributed by atoms with Gasteiger partial charge in [0.1, 0.15) is 5.75 Å². The van der Waals surface area contributed by atoms with E-state index in [1.165, 1.54) is 24.1 Å². The first-order valence-corrected chi connectivity index (χ1v) is 10.0. The molecule has 2 aromatic carbocycles. The molecule has 0 bridgehead atoms. The highest BCUT2D eigenvalue weighted by Crippen LogP contribution is 2.25. The topological polar surface area (TPSA) is 36.5 Å². The van der Waals surface area contributed by atoms with Crippen molar-refractivity contribution in [2.75, 3.05) is 30.4 Å². The van der Waals surface area contributed by atoms with Crippen LogP contribution in [0.3, 0.4) is 0 Å². The second-order valence-electron chi connectivity index (χ2n) is 7.34. The average molecular weight is 384 g/mol. The highest BCUT2D eigenvalue weighted by Gasteiger charge is 2.17. The van der Waals surface area contributed by atoms with Gasteiger partial charge in [-0.2, -0.15) is 0 Å². The van der Waals surface area contributed by atoms with Gasteiger partial charge in [0.05, 0.1) is 13.2 Å². The van der Waals surface area contributed by atoms with Crippen molar-refractivity contribution in [3.63, 3.8) is 0 Å². The molecule has 1 saturated heterocycles. The molecule has 0 amide bonds. The first-order chi connectivity index (χ1) is 13.0. The summed E-state index contributed by atoms with van der Waals surface area (Å²) in [6.45, 7) is 6.77. The number of hydrogen-bond donors (Lipinski definition) is 2. The summed E-state index contributed by atoms with van der Waals surface area (Å²) in [5.74, 6) is 1.58. The quantitative estimate of drug-likeness (QED) is 0.712.